The first-order chi connectivity index (χ1) is 8.56. The molecule has 0 aliphatic heterocycles. The average molecular weight is 267 g/mol. The molecule has 2 nitrogen and oxygen atoms in total. The van der Waals surface area contributed by atoms with Crippen LogP contribution in [0.4, 0.5) is 5.82 Å². The molecular weight excluding hydrogens is 244 g/mol. The Morgan fingerprint density at radius 2 is 2.11 bits per heavy atom. The molecule has 0 amide bonds. The molecule has 1 heterocycles. The van der Waals surface area contributed by atoms with Gasteiger partial charge in [0.25, 0.3) is 0 Å². The summed E-state index contributed by atoms with van der Waals surface area (Å²) in [5.41, 5.74) is 0. The molecule has 1 aromatic rings. The molecule has 100 valence electrons. The fourth-order valence-corrected chi connectivity index (χ4v) is 3.21. The predicted octanol–water partition coefficient (Wildman–Crippen LogP) is 4.61. The standard InChI is InChI=1S/C15H23ClN2/c1-10(2)12-8-7-11(3)9-13(12)17-15-6-4-5-14(16)18-15/h4-6,10-13H,7-9H2,1-3H3,(H,17,18). The van der Waals surface area contributed by atoms with Crippen molar-refractivity contribution in [2.75, 3.05) is 5.32 Å². The molecule has 1 aromatic heterocycles. The lowest BCUT2D eigenvalue weighted by atomic mass is 9.74. The summed E-state index contributed by atoms with van der Waals surface area (Å²) in [5.74, 6) is 3.17. The molecular formula is C15H23ClN2. The van der Waals surface area contributed by atoms with Crippen molar-refractivity contribution < 1.29 is 0 Å². The van der Waals surface area contributed by atoms with Gasteiger partial charge in [-0.15, -0.1) is 0 Å². The Morgan fingerprint density at radius 3 is 2.78 bits per heavy atom. The van der Waals surface area contributed by atoms with Gasteiger partial charge in [0, 0.05) is 6.04 Å². The van der Waals surface area contributed by atoms with Gasteiger partial charge in [-0.1, -0.05) is 44.9 Å². The lowest BCUT2D eigenvalue weighted by Gasteiger charge is -2.38. The third-order valence-electron chi connectivity index (χ3n) is 4.07. The van der Waals surface area contributed by atoms with Crippen LogP contribution < -0.4 is 5.32 Å². The van der Waals surface area contributed by atoms with Gasteiger partial charge in [0.15, 0.2) is 0 Å². The third kappa shape index (κ3) is 3.38. The molecule has 0 saturated heterocycles. The topological polar surface area (TPSA) is 24.9 Å². The molecule has 0 aromatic carbocycles. The molecule has 0 spiro atoms. The van der Waals surface area contributed by atoms with Gasteiger partial charge >= 0.3 is 0 Å². The van der Waals surface area contributed by atoms with Crippen molar-refractivity contribution in [1.82, 2.24) is 4.98 Å². The molecule has 3 heteroatoms. The Bertz CT molecular complexity index is 392. The molecule has 18 heavy (non-hydrogen) atoms. The fraction of sp³-hybridized carbons (Fsp3) is 0.667. The molecule has 3 atom stereocenters. The first-order valence-corrected chi connectivity index (χ1v) is 7.33. The summed E-state index contributed by atoms with van der Waals surface area (Å²) < 4.78 is 0. The summed E-state index contributed by atoms with van der Waals surface area (Å²) in [7, 11) is 0. The second kappa shape index (κ2) is 5.92. The predicted molar refractivity (Wildman–Crippen MR) is 78.0 cm³/mol. The largest absolute Gasteiger partial charge is 0.367 e. The number of hydrogen-bond donors (Lipinski definition) is 1. The van der Waals surface area contributed by atoms with Crippen LogP contribution in [-0.4, -0.2) is 11.0 Å². The maximum atomic E-state index is 5.94. The van der Waals surface area contributed by atoms with Crippen LogP contribution in [0, 0.1) is 17.8 Å². The number of nitrogens with zero attached hydrogens (tertiary/aromatic N) is 1. The van der Waals surface area contributed by atoms with E-state index >= 15 is 0 Å². The molecule has 1 aliphatic carbocycles. The summed E-state index contributed by atoms with van der Waals surface area (Å²) in [6.07, 6.45) is 3.90. The van der Waals surface area contributed by atoms with Crippen molar-refractivity contribution >= 4 is 17.4 Å². The minimum absolute atomic E-state index is 0.528. The SMILES string of the molecule is CC1CCC(C(C)C)C(Nc2cccc(Cl)n2)C1. The van der Waals surface area contributed by atoms with Crippen LogP contribution >= 0.6 is 11.6 Å². The van der Waals surface area contributed by atoms with E-state index in [1.54, 1.807) is 0 Å². The second-order valence-corrected chi connectivity index (χ2v) is 6.31. The summed E-state index contributed by atoms with van der Waals surface area (Å²) in [6.45, 7) is 6.98. The molecule has 0 radical (unpaired) electrons. The van der Waals surface area contributed by atoms with E-state index in [0.29, 0.717) is 17.1 Å². The number of nitrogens with one attached hydrogen (secondary N) is 1. The van der Waals surface area contributed by atoms with Crippen molar-refractivity contribution in [1.29, 1.82) is 0 Å². The Morgan fingerprint density at radius 1 is 1.33 bits per heavy atom. The Hall–Kier alpha value is -0.760. The number of aromatic nitrogens is 1. The highest BCUT2D eigenvalue weighted by Gasteiger charge is 2.30. The van der Waals surface area contributed by atoms with E-state index in [2.05, 4.69) is 31.1 Å². The molecule has 1 saturated carbocycles. The third-order valence-corrected chi connectivity index (χ3v) is 4.28. The van der Waals surface area contributed by atoms with Gasteiger partial charge in [-0.25, -0.2) is 4.98 Å². The Labute approximate surface area is 115 Å². The minimum Gasteiger partial charge on any atom is -0.367 e. The molecule has 0 bridgehead atoms. The smallest absolute Gasteiger partial charge is 0.131 e. The Kier molecular flexibility index (Phi) is 4.50. The van der Waals surface area contributed by atoms with Crippen molar-refractivity contribution in [2.24, 2.45) is 17.8 Å². The van der Waals surface area contributed by atoms with E-state index < -0.39 is 0 Å². The molecule has 1 N–H and O–H groups in total. The van der Waals surface area contributed by atoms with Crippen molar-refractivity contribution in [3.8, 4) is 0 Å². The molecule has 1 fully saturated rings. The van der Waals surface area contributed by atoms with Gasteiger partial charge in [0.1, 0.15) is 11.0 Å². The van der Waals surface area contributed by atoms with Crippen LogP contribution in [0.25, 0.3) is 0 Å². The second-order valence-electron chi connectivity index (χ2n) is 5.92. The average Bonchev–Trinajstić information content (AvgIpc) is 2.28. The van der Waals surface area contributed by atoms with Crippen LogP contribution in [-0.2, 0) is 0 Å². The van der Waals surface area contributed by atoms with Crippen LogP contribution in [0.1, 0.15) is 40.0 Å². The lowest BCUT2D eigenvalue weighted by Crippen LogP contribution is -2.38. The van der Waals surface area contributed by atoms with E-state index in [4.69, 9.17) is 11.6 Å². The van der Waals surface area contributed by atoms with Gasteiger partial charge in [-0.05, 0) is 42.7 Å². The zero-order valence-electron chi connectivity index (χ0n) is 11.5. The van der Waals surface area contributed by atoms with E-state index in [9.17, 15) is 0 Å². The monoisotopic (exact) mass is 266 g/mol. The van der Waals surface area contributed by atoms with Crippen molar-refractivity contribution in [3.63, 3.8) is 0 Å². The number of halogens is 1. The van der Waals surface area contributed by atoms with Gasteiger partial charge < -0.3 is 5.32 Å². The number of hydrogen-bond acceptors (Lipinski definition) is 2. The van der Waals surface area contributed by atoms with E-state index in [0.717, 1.165) is 17.7 Å². The van der Waals surface area contributed by atoms with Crippen LogP contribution in [0.5, 0.6) is 0 Å². The number of pyridine rings is 1. The first-order valence-electron chi connectivity index (χ1n) is 6.95. The lowest BCUT2D eigenvalue weighted by molar-refractivity contribution is 0.211. The highest BCUT2D eigenvalue weighted by atomic mass is 35.5. The number of anilines is 1. The summed E-state index contributed by atoms with van der Waals surface area (Å²) in [4.78, 5) is 4.34. The molecule has 2 rings (SSSR count). The van der Waals surface area contributed by atoms with Crippen molar-refractivity contribution in [3.05, 3.63) is 23.4 Å². The zero-order valence-corrected chi connectivity index (χ0v) is 12.2. The minimum atomic E-state index is 0.528. The highest BCUT2D eigenvalue weighted by molar-refractivity contribution is 6.29. The molecule has 3 unspecified atom stereocenters. The van der Waals surface area contributed by atoms with E-state index in [1.807, 2.05) is 18.2 Å². The zero-order chi connectivity index (χ0) is 13.1. The van der Waals surface area contributed by atoms with Gasteiger partial charge in [-0.3, -0.25) is 0 Å². The summed E-state index contributed by atoms with van der Waals surface area (Å²) >= 11 is 5.94. The summed E-state index contributed by atoms with van der Waals surface area (Å²) in [6, 6.07) is 6.30. The number of rotatable bonds is 3. The Balaban J connectivity index is 2.08. The first kappa shape index (κ1) is 13.7. The molecule has 1 aliphatic rings. The maximum absolute atomic E-state index is 5.94. The van der Waals surface area contributed by atoms with Gasteiger partial charge in [0.2, 0.25) is 0 Å². The van der Waals surface area contributed by atoms with Crippen molar-refractivity contribution in [2.45, 2.75) is 46.1 Å². The quantitative estimate of drug-likeness (QED) is 0.809. The van der Waals surface area contributed by atoms with Crippen LogP contribution in [0.2, 0.25) is 5.15 Å². The van der Waals surface area contributed by atoms with Crippen LogP contribution in [0.15, 0.2) is 18.2 Å². The van der Waals surface area contributed by atoms with E-state index in [-0.39, 0.29) is 0 Å². The summed E-state index contributed by atoms with van der Waals surface area (Å²) in [5, 5.41) is 4.15. The van der Waals surface area contributed by atoms with Gasteiger partial charge in [0.05, 0.1) is 0 Å². The normalized spacial score (nSPS) is 28.4. The van der Waals surface area contributed by atoms with Gasteiger partial charge in [-0.2, -0.15) is 0 Å². The maximum Gasteiger partial charge on any atom is 0.131 e. The fourth-order valence-electron chi connectivity index (χ4n) is 3.05. The van der Waals surface area contributed by atoms with Crippen LogP contribution in [0.3, 0.4) is 0 Å². The highest BCUT2D eigenvalue weighted by Crippen LogP contribution is 2.35. The van der Waals surface area contributed by atoms with E-state index in [1.165, 1.54) is 19.3 Å².